The first-order valence-electron chi connectivity index (χ1n) is 10.0. The summed E-state index contributed by atoms with van der Waals surface area (Å²) in [6.07, 6.45) is 1.72. The number of hydrogen-bond donors (Lipinski definition) is 0. The van der Waals surface area contributed by atoms with E-state index in [2.05, 4.69) is 15.0 Å². The van der Waals surface area contributed by atoms with Gasteiger partial charge in [0.05, 0.1) is 15.5 Å². The summed E-state index contributed by atoms with van der Waals surface area (Å²) >= 11 is 0. The molecule has 0 aliphatic carbocycles. The zero-order valence-corrected chi connectivity index (χ0v) is 18.8. The van der Waals surface area contributed by atoms with Crippen LogP contribution in [0, 0.1) is 30.9 Å². The zero-order chi connectivity index (χ0) is 23.0. The monoisotopic (exact) mass is 457 g/mol. The van der Waals surface area contributed by atoms with E-state index in [1.54, 1.807) is 6.33 Å². The summed E-state index contributed by atoms with van der Waals surface area (Å²) in [5.41, 5.74) is 1.66. The molecule has 12 heteroatoms. The minimum absolute atomic E-state index is 0.0775. The van der Waals surface area contributed by atoms with Crippen LogP contribution in [0.3, 0.4) is 0 Å². The van der Waals surface area contributed by atoms with Crippen molar-refractivity contribution in [3.63, 3.8) is 0 Å². The zero-order valence-electron chi connectivity index (χ0n) is 18.0. The first-order valence-corrected chi connectivity index (χ1v) is 11.5. The summed E-state index contributed by atoms with van der Waals surface area (Å²) in [5.74, 6) is 2.03. The SMILES string of the molecule is Cc1nc(N2CCN(S(=O)(=O)c3cccc([N+](=O)[O-])c3)CC2)cc(-n2cnc(C)c2C)n1. The second-order valence-corrected chi connectivity index (χ2v) is 9.50. The second kappa shape index (κ2) is 8.28. The van der Waals surface area contributed by atoms with Gasteiger partial charge in [-0.1, -0.05) is 6.07 Å². The van der Waals surface area contributed by atoms with Crippen LogP contribution in [0.25, 0.3) is 5.82 Å². The van der Waals surface area contributed by atoms with E-state index < -0.39 is 14.9 Å². The fourth-order valence-electron chi connectivity index (χ4n) is 3.62. The number of imidazole rings is 1. The van der Waals surface area contributed by atoms with Crippen molar-refractivity contribution in [1.82, 2.24) is 23.8 Å². The van der Waals surface area contributed by atoms with Crippen LogP contribution in [-0.4, -0.2) is 63.3 Å². The third-order valence-corrected chi connectivity index (χ3v) is 7.43. The van der Waals surface area contributed by atoms with Crippen molar-refractivity contribution in [1.29, 1.82) is 0 Å². The Hall–Kier alpha value is -3.38. The molecule has 168 valence electrons. The number of non-ortho nitro benzene ring substituents is 1. The van der Waals surface area contributed by atoms with E-state index in [4.69, 9.17) is 0 Å². The van der Waals surface area contributed by atoms with Crippen molar-refractivity contribution in [3.05, 3.63) is 64.0 Å². The lowest BCUT2D eigenvalue weighted by Crippen LogP contribution is -2.49. The molecule has 0 radical (unpaired) electrons. The lowest BCUT2D eigenvalue weighted by Gasteiger charge is -2.34. The topological polar surface area (TPSA) is 127 Å². The lowest BCUT2D eigenvalue weighted by molar-refractivity contribution is -0.385. The Morgan fingerprint density at radius 3 is 2.31 bits per heavy atom. The summed E-state index contributed by atoms with van der Waals surface area (Å²) in [6, 6.07) is 7.00. The first-order chi connectivity index (χ1) is 15.2. The van der Waals surface area contributed by atoms with Crippen LogP contribution in [0.15, 0.2) is 41.6 Å². The van der Waals surface area contributed by atoms with Gasteiger partial charge in [0.2, 0.25) is 10.0 Å². The van der Waals surface area contributed by atoms with Crippen LogP contribution >= 0.6 is 0 Å². The number of nitrogens with zero attached hydrogens (tertiary/aromatic N) is 7. The Morgan fingerprint density at radius 1 is 1.00 bits per heavy atom. The molecule has 0 amide bonds. The van der Waals surface area contributed by atoms with Gasteiger partial charge >= 0.3 is 0 Å². The molecule has 11 nitrogen and oxygen atoms in total. The Kier molecular flexibility index (Phi) is 5.65. The fourth-order valence-corrected chi connectivity index (χ4v) is 5.08. The third kappa shape index (κ3) is 4.06. The number of piperazine rings is 1. The van der Waals surface area contributed by atoms with E-state index in [1.807, 2.05) is 36.3 Å². The van der Waals surface area contributed by atoms with Gasteiger partial charge in [0.25, 0.3) is 5.69 Å². The number of sulfonamides is 1. The summed E-state index contributed by atoms with van der Waals surface area (Å²) in [6.45, 7) is 7.07. The predicted octanol–water partition coefficient (Wildman–Crippen LogP) is 2.01. The molecule has 4 rings (SSSR count). The van der Waals surface area contributed by atoms with Gasteiger partial charge in [0.1, 0.15) is 23.8 Å². The quantitative estimate of drug-likeness (QED) is 0.420. The van der Waals surface area contributed by atoms with Crippen molar-refractivity contribution < 1.29 is 13.3 Å². The second-order valence-electron chi connectivity index (χ2n) is 7.56. The van der Waals surface area contributed by atoms with E-state index >= 15 is 0 Å². The highest BCUT2D eigenvalue weighted by molar-refractivity contribution is 7.89. The summed E-state index contributed by atoms with van der Waals surface area (Å²) in [5, 5.41) is 11.0. The Morgan fingerprint density at radius 2 is 1.69 bits per heavy atom. The number of rotatable bonds is 5. The molecule has 1 aromatic carbocycles. The Balaban J connectivity index is 1.53. The largest absolute Gasteiger partial charge is 0.354 e. The number of nitro groups is 1. The molecular formula is C20H23N7O4S. The third-order valence-electron chi connectivity index (χ3n) is 5.54. The smallest absolute Gasteiger partial charge is 0.270 e. The van der Waals surface area contributed by atoms with Gasteiger partial charge in [-0.2, -0.15) is 4.31 Å². The van der Waals surface area contributed by atoms with Gasteiger partial charge in [-0.3, -0.25) is 14.7 Å². The van der Waals surface area contributed by atoms with E-state index in [9.17, 15) is 18.5 Å². The average Bonchev–Trinajstić information content (AvgIpc) is 3.12. The summed E-state index contributed by atoms with van der Waals surface area (Å²) in [7, 11) is -3.83. The molecule has 32 heavy (non-hydrogen) atoms. The Bertz CT molecular complexity index is 1280. The number of hydrogen-bond acceptors (Lipinski definition) is 8. The van der Waals surface area contributed by atoms with E-state index in [0.717, 1.165) is 17.5 Å². The molecule has 0 spiro atoms. The van der Waals surface area contributed by atoms with Crippen molar-refractivity contribution in [2.24, 2.45) is 0 Å². The molecule has 0 saturated carbocycles. The Labute approximate surface area is 185 Å². The number of nitro benzene ring substituents is 1. The number of aryl methyl sites for hydroxylation is 2. The minimum Gasteiger partial charge on any atom is -0.354 e. The molecule has 1 aliphatic heterocycles. The lowest BCUT2D eigenvalue weighted by atomic mass is 10.3. The highest BCUT2D eigenvalue weighted by atomic mass is 32.2. The number of anilines is 1. The first kappa shape index (κ1) is 21.8. The summed E-state index contributed by atoms with van der Waals surface area (Å²) in [4.78, 5) is 25.7. The van der Waals surface area contributed by atoms with Gasteiger partial charge in [0, 0.05) is 50.1 Å². The maximum absolute atomic E-state index is 13.0. The van der Waals surface area contributed by atoms with Gasteiger partial charge in [-0.25, -0.2) is 23.4 Å². The molecule has 2 aromatic heterocycles. The van der Waals surface area contributed by atoms with Gasteiger partial charge in [-0.05, 0) is 26.8 Å². The van der Waals surface area contributed by atoms with Crippen molar-refractivity contribution >= 4 is 21.5 Å². The molecule has 1 fully saturated rings. The van der Waals surface area contributed by atoms with Gasteiger partial charge in [0.15, 0.2) is 0 Å². The average molecular weight is 458 g/mol. The minimum atomic E-state index is -3.83. The number of aromatic nitrogens is 4. The normalized spacial score (nSPS) is 15.2. The maximum Gasteiger partial charge on any atom is 0.270 e. The highest BCUT2D eigenvalue weighted by Crippen LogP contribution is 2.24. The molecule has 0 N–H and O–H groups in total. The van der Waals surface area contributed by atoms with Gasteiger partial charge < -0.3 is 4.90 Å². The molecule has 0 unspecified atom stereocenters. The van der Waals surface area contributed by atoms with E-state index in [0.29, 0.717) is 30.5 Å². The highest BCUT2D eigenvalue weighted by Gasteiger charge is 2.30. The van der Waals surface area contributed by atoms with Crippen LogP contribution in [0.1, 0.15) is 17.2 Å². The van der Waals surface area contributed by atoms with Crippen LogP contribution < -0.4 is 4.90 Å². The summed E-state index contributed by atoms with van der Waals surface area (Å²) < 4.78 is 29.2. The molecule has 1 saturated heterocycles. The number of benzene rings is 1. The van der Waals surface area contributed by atoms with E-state index in [1.165, 1.54) is 22.5 Å². The van der Waals surface area contributed by atoms with Crippen molar-refractivity contribution in [3.8, 4) is 5.82 Å². The maximum atomic E-state index is 13.0. The molecule has 0 atom stereocenters. The predicted molar refractivity (Wildman–Crippen MR) is 117 cm³/mol. The molecular weight excluding hydrogens is 434 g/mol. The van der Waals surface area contributed by atoms with Crippen LogP contribution in [0.2, 0.25) is 0 Å². The molecule has 1 aliphatic rings. The van der Waals surface area contributed by atoms with Crippen molar-refractivity contribution in [2.75, 3.05) is 31.1 Å². The van der Waals surface area contributed by atoms with Gasteiger partial charge in [-0.15, -0.1) is 0 Å². The van der Waals surface area contributed by atoms with Crippen LogP contribution in [0.4, 0.5) is 11.5 Å². The molecule has 0 bridgehead atoms. The van der Waals surface area contributed by atoms with E-state index in [-0.39, 0.29) is 23.7 Å². The molecule has 3 heterocycles. The van der Waals surface area contributed by atoms with Crippen LogP contribution in [0.5, 0.6) is 0 Å². The molecule has 3 aromatic rings. The standard InChI is InChI=1S/C20H23N7O4S/c1-14-15(2)26(13-21-14)20-12-19(22-16(3)23-20)24-7-9-25(10-8-24)32(30,31)18-6-4-5-17(11-18)27(28)29/h4-6,11-13H,7-10H2,1-3H3. The fraction of sp³-hybridized carbons (Fsp3) is 0.350. The van der Waals surface area contributed by atoms with Crippen LogP contribution in [-0.2, 0) is 10.0 Å². The van der Waals surface area contributed by atoms with Crippen molar-refractivity contribution in [2.45, 2.75) is 25.7 Å².